The van der Waals surface area contributed by atoms with Gasteiger partial charge in [0.2, 0.25) is 0 Å². The summed E-state index contributed by atoms with van der Waals surface area (Å²) in [4.78, 5) is 24.7. The average Bonchev–Trinajstić information content (AvgIpc) is 2.71. The summed E-state index contributed by atoms with van der Waals surface area (Å²) in [5.41, 5.74) is -0.568. The van der Waals surface area contributed by atoms with Crippen LogP contribution in [0.5, 0.6) is 0 Å². The molecular formula is C13H25N3O5S. The highest BCUT2D eigenvalue weighted by Gasteiger charge is 2.32. The number of amides is 3. The highest BCUT2D eigenvalue weighted by Crippen LogP contribution is 2.16. The van der Waals surface area contributed by atoms with Crippen LogP contribution in [-0.2, 0) is 14.6 Å². The van der Waals surface area contributed by atoms with E-state index in [1.54, 1.807) is 27.8 Å². The SMILES string of the molecule is CN(C(=O)NCCNC(=O)OC(C)(C)C)C1CCS(=O)(=O)C1. The first-order valence-electron chi connectivity index (χ1n) is 7.18. The quantitative estimate of drug-likeness (QED) is 0.721. The molecule has 0 bridgehead atoms. The van der Waals surface area contributed by atoms with Gasteiger partial charge in [-0.3, -0.25) is 0 Å². The summed E-state index contributed by atoms with van der Waals surface area (Å²) in [7, 11) is -1.45. The summed E-state index contributed by atoms with van der Waals surface area (Å²) in [6.45, 7) is 5.76. The normalized spacial score (nSPS) is 20.3. The van der Waals surface area contributed by atoms with Crippen LogP contribution in [-0.4, -0.2) is 68.7 Å². The van der Waals surface area contributed by atoms with Crippen molar-refractivity contribution in [2.75, 3.05) is 31.6 Å². The zero-order valence-electron chi connectivity index (χ0n) is 13.5. The second-order valence-electron chi connectivity index (χ2n) is 6.33. The molecule has 0 saturated carbocycles. The predicted molar refractivity (Wildman–Crippen MR) is 82.5 cm³/mol. The van der Waals surface area contributed by atoms with Gasteiger partial charge in [-0.2, -0.15) is 0 Å². The van der Waals surface area contributed by atoms with Crippen LogP contribution in [0.15, 0.2) is 0 Å². The van der Waals surface area contributed by atoms with Gasteiger partial charge in [0, 0.05) is 26.2 Å². The number of carbonyl (C=O) groups is 2. The molecule has 1 aliphatic heterocycles. The second kappa shape index (κ2) is 7.17. The topological polar surface area (TPSA) is 105 Å². The van der Waals surface area contributed by atoms with Crippen molar-refractivity contribution >= 4 is 22.0 Å². The summed E-state index contributed by atoms with van der Waals surface area (Å²) in [6.07, 6.45) is -0.0837. The molecule has 9 heteroatoms. The molecule has 1 saturated heterocycles. The maximum Gasteiger partial charge on any atom is 0.407 e. The Morgan fingerprint density at radius 2 is 1.82 bits per heavy atom. The van der Waals surface area contributed by atoms with E-state index < -0.39 is 21.5 Å². The van der Waals surface area contributed by atoms with Crippen molar-refractivity contribution in [1.82, 2.24) is 15.5 Å². The average molecular weight is 335 g/mol. The van der Waals surface area contributed by atoms with Gasteiger partial charge < -0.3 is 20.3 Å². The Hall–Kier alpha value is -1.51. The highest BCUT2D eigenvalue weighted by atomic mass is 32.2. The Balaban J connectivity index is 2.25. The highest BCUT2D eigenvalue weighted by molar-refractivity contribution is 7.91. The van der Waals surface area contributed by atoms with Gasteiger partial charge in [-0.05, 0) is 27.2 Å². The third-order valence-corrected chi connectivity index (χ3v) is 4.90. The molecule has 22 heavy (non-hydrogen) atoms. The van der Waals surface area contributed by atoms with Crippen molar-refractivity contribution < 1.29 is 22.7 Å². The van der Waals surface area contributed by atoms with Crippen LogP contribution in [0.1, 0.15) is 27.2 Å². The van der Waals surface area contributed by atoms with Crippen molar-refractivity contribution in [1.29, 1.82) is 0 Å². The Morgan fingerprint density at radius 3 is 2.32 bits per heavy atom. The predicted octanol–water partition coefficient (Wildman–Crippen LogP) is 0.340. The van der Waals surface area contributed by atoms with E-state index >= 15 is 0 Å². The van der Waals surface area contributed by atoms with Gasteiger partial charge in [-0.25, -0.2) is 18.0 Å². The first kappa shape index (κ1) is 18.5. The number of sulfone groups is 1. The fraction of sp³-hybridized carbons (Fsp3) is 0.846. The molecule has 0 radical (unpaired) electrons. The van der Waals surface area contributed by atoms with E-state index in [4.69, 9.17) is 4.74 Å². The summed E-state index contributed by atoms with van der Waals surface area (Å²) < 4.78 is 27.9. The largest absolute Gasteiger partial charge is 0.444 e. The fourth-order valence-corrected chi connectivity index (χ4v) is 3.79. The molecule has 1 rings (SSSR count). The molecule has 2 N–H and O–H groups in total. The van der Waals surface area contributed by atoms with E-state index in [1.165, 1.54) is 4.90 Å². The monoisotopic (exact) mass is 335 g/mol. The number of ether oxygens (including phenoxy) is 1. The number of alkyl carbamates (subject to hydrolysis) is 1. The van der Waals surface area contributed by atoms with Crippen molar-refractivity contribution in [2.24, 2.45) is 0 Å². The van der Waals surface area contributed by atoms with Gasteiger partial charge in [-0.1, -0.05) is 0 Å². The van der Waals surface area contributed by atoms with Crippen molar-refractivity contribution in [3.63, 3.8) is 0 Å². The first-order chi connectivity index (χ1) is 10.0. The van der Waals surface area contributed by atoms with E-state index in [0.29, 0.717) is 6.42 Å². The smallest absolute Gasteiger partial charge is 0.407 e. The van der Waals surface area contributed by atoms with Gasteiger partial charge >= 0.3 is 12.1 Å². The van der Waals surface area contributed by atoms with Crippen LogP contribution >= 0.6 is 0 Å². The van der Waals surface area contributed by atoms with Gasteiger partial charge in [0.15, 0.2) is 9.84 Å². The van der Waals surface area contributed by atoms with E-state index in [2.05, 4.69) is 10.6 Å². The molecule has 1 fully saturated rings. The Bertz CT molecular complexity index is 512. The number of urea groups is 1. The molecule has 8 nitrogen and oxygen atoms in total. The lowest BCUT2D eigenvalue weighted by Crippen LogP contribution is -2.46. The molecule has 0 spiro atoms. The number of carbonyl (C=O) groups excluding carboxylic acids is 2. The van der Waals surface area contributed by atoms with Crippen molar-refractivity contribution in [3.05, 3.63) is 0 Å². The summed E-state index contributed by atoms with van der Waals surface area (Å²) in [6, 6.07) is -0.642. The molecular weight excluding hydrogens is 310 g/mol. The summed E-state index contributed by atoms with van der Waals surface area (Å²) in [5.74, 6) is 0.128. The molecule has 0 aromatic heterocycles. The molecule has 128 valence electrons. The van der Waals surface area contributed by atoms with E-state index in [9.17, 15) is 18.0 Å². The number of hydrogen-bond acceptors (Lipinski definition) is 5. The second-order valence-corrected chi connectivity index (χ2v) is 8.56. The molecule has 0 aromatic rings. The fourth-order valence-electron chi connectivity index (χ4n) is 2.02. The zero-order chi connectivity index (χ0) is 17.0. The lowest BCUT2D eigenvalue weighted by molar-refractivity contribution is 0.0528. The van der Waals surface area contributed by atoms with Gasteiger partial charge in [-0.15, -0.1) is 0 Å². The van der Waals surface area contributed by atoms with Crippen LogP contribution in [0.25, 0.3) is 0 Å². The van der Waals surface area contributed by atoms with Gasteiger partial charge in [0.25, 0.3) is 0 Å². The van der Waals surface area contributed by atoms with E-state index in [1.807, 2.05) is 0 Å². The Labute approximate surface area is 131 Å². The third-order valence-electron chi connectivity index (χ3n) is 3.15. The lowest BCUT2D eigenvalue weighted by Gasteiger charge is -2.24. The zero-order valence-corrected chi connectivity index (χ0v) is 14.3. The van der Waals surface area contributed by atoms with Crippen LogP contribution in [0.3, 0.4) is 0 Å². The van der Waals surface area contributed by atoms with Crippen LogP contribution in [0.4, 0.5) is 9.59 Å². The molecule has 1 aliphatic rings. The maximum atomic E-state index is 11.9. The molecule has 0 aromatic carbocycles. The molecule has 1 unspecified atom stereocenters. The minimum Gasteiger partial charge on any atom is -0.444 e. The number of nitrogens with one attached hydrogen (secondary N) is 2. The Morgan fingerprint density at radius 1 is 1.23 bits per heavy atom. The molecule has 1 heterocycles. The van der Waals surface area contributed by atoms with E-state index in [-0.39, 0.29) is 36.7 Å². The molecule has 3 amide bonds. The maximum absolute atomic E-state index is 11.9. The minimum atomic E-state index is -3.02. The number of nitrogens with zero attached hydrogens (tertiary/aromatic N) is 1. The van der Waals surface area contributed by atoms with Crippen molar-refractivity contribution in [3.8, 4) is 0 Å². The molecule has 0 aliphatic carbocycles. The van der Waals surface area contributed by atoms with E-state index in [0.717, 1.165) is 0 Å². The summed E-state index contributed by atoms with van der Waals surface area (Å²) >= 11 is 0. The van der Waals surface area contributed by atoms with Crippen LogP contribution in [0.2, 0.25) is 0 Å². The standard InChI is InChI=1S/C13H25N3O5S/c1-13(2,3)21-12(18)15-7-6-14-11(17)16(4)10-5-8-22(19,20)9-10/h10H,5-9H2,1-4H3,(H,14,17)(H,15,18). The summed E-state index contributed by atoms with van der Waals surface area (Å²) in [5, 5.41) is 5.15. The third kappa shape index (κ3) is 6.50. The molecule has 1 atom stereocenters. The lowest BCUT2D eigenvalue weighted by atomic mass is 10.2. The van der Waals surface area contributed by atoms with Crippen LogP contribution < -0.4 is 10.6 Å². The Kier molecular flexibility index (Phi) is 6.04. The minimum absolute atomic E-state index is 0.00702. The van der Waals surface area contributed by atoms with Gasteiger partial charge in [0.1, 0.15) is 5.60 Å². The number of hydrogen-bond donors (Lipinski definition) is 2. The van der Waals surface area contributed by atoms with Crippen LogP contribution in [0, 0.1) is 0 Å². The van der Waals surface area contributed by atoms with Gasteiger partial charge in [0.05, 0.1) is 11.5 Å². The van der Waals surface area contributed by atoms with Crippen molar-refractivity contribution in [2.45, 2.75) is 38.8 Å². The first-order valence-corrected chi connectivity index (χ1v) is 9.00. The number of rotatable bonds is 4.